The molecule has 3 heteroatoms. The summed E-state index contributed by atoms with van der Waals surface area (Å²) in [6, 6.07) is 13.7. The average molecular weight is 256 g/mol. The van der Waals surface area contributed by atoms with E-state index in [0.717, 1.165) is 19.5 Å². The summed E-state index contributed by atoms with van der Waals surface area (Å²) in [6.07, 6.45) is 1.03. The fraction of sp³-hybridized carbons (Fsp3) is 0.250. The van der Waals surface area contributed by atoms with Gasteiger partial charge in [-0.3, -0.25) is 4.90 Å². The van der Waals surface area contributed by atoms with E-state index in [1.54, 1.807) is 6.07 Å². The molecule has 1 aliphatic rings. The van der Waals surface area contributed by atoms with E-state index in [2.05, 4.69) is 29.2 Å². The zero-order chi connectivity index (χ0) is 13.2. The molecule has 0 saturated heterocycles. The Morgan fingerprint density at radius 2 is 1.84 bits per heavy atom. The molecule has 2 N–H and O–H groups in total. The molecule has 0 aliphatic carbocycles. The van der Waals surface area contributed by atoms with Gasteiger partial charge in [0, 0.05) is 25.2 Å². The molecule has 2 nitrogen and oxygen atoms in total. The molecule has 0 radical (unpaired) electrons. The van der Waals surface area contributed by atoms with Crippen LogP contribution in [0, 0.1) is 5.82 Å². The van der Waals surface area contributed by atoms with Gasteiger partial charge in [-0.15, -0.1) is 0 Å². The standard InChI is InChI=1S/C16H17FN2/c17-16-14(6-3-7-15(16)18)11-19-9-8-12-4-1-2-5-13(12)10-19/h1-7H,8-11,18H2. The van der Waals surface area contributed by atoms with Gasteiger partial charge in [0.25, 0.3) is 0 Å². The number of nitrogens with zero attached hydrogens (tertiary/aromatic N) is 1. The van der Waals surface area contributed by atoms with E-state index in [4.69, 9.17) is 5.73 Å². The Bertz CT molecular complexity index is 595. The Labute approximate surface area is 112 Å². The van der Waals surface area contributed by atoms with Crippen LogP contribution in [0.5, 0.6) is 0 Å². The fourth-order valence-electron chi connectivity index (χ4n) is 2.65. The minimum Gasteiger partial charge on any atom is -0.396 e. The molecule has 98 valence electrons. The molecule has 0 atom stereocenters. The summed E-state index contributed by atoms with van der Waals surface area (Å²) in [4.78, 5) is 2.26. The van der Waals surface area contributed by atoms with E-state index in [1.165, 1.54) is 11.1 Å². The first-order chi connectivity index (χ1) is 9.24. The molecule has 1 aliphatic heterocycles. The first kappa shape index (κ1) is 12.2. The quantitative estimate of drug-likeness (QED) is 0.837. The number of hydrogen-bond donors (Lipinski definition) is 1. The molecular formula is C16H17FN2. The molecule has 19 heavy (non-hydrogen) atoms. The lowest BCUT2D eigenvalue weighted by Crippen LogP contribution is -2.30. The van der Waals surface area contributed by atoms with Gasteiger partial charge in [-0.25, -0.2) is 4.39 Å². The van der Waals surface area contributed by atoms with Crippen molar-refractivity contribution in [3.63, 3.8) is 0 Å². The summed E-state index contributed by atoms with van der Waals surface area (Å²) in [7, 11) is 0. The van der Waals surface area contributed by atoms with Gasteiger partial charge in [0.1, 0.15) is 0 Å². The molecule has 0 fully saturated rings. The molecule has 0 bridgehead atoms. The summed E-state index contributed by atoms with van der Waals surface area (Å²) >= 11 is 0. The van der Waals surface area contributed by atoms with Crippen molar-refractivity contribution in [2.24, 2.45) is 0 Å². The van der Waals surface area contributed by atoms with Crippen LogP contribution in [0.4, 0.5) is 10.1 Å². The van der Waals surface area contributed by atoms with Crippen LogP contribution < -0.4 is 5.73 Å². The number of rotatable bonds is 2. The number of anilines is 1. The zero-order valence-corrected chi connectivity index (χ0v) is 10.8. The van der Waals surface area contributed by atoms with Crippen molar-refractivity contribution in [3.8, 4) is 0 Å². The maximum absolute atomic E-state index is 13.9. The topological polar surface area (TPSA) is 29.3 Å². The summed E-state index contributed by atoms with van der Waals surface area (Å²) in [6.45, 7) is 2.46. The number of benzene rings is 2. The Morgan fingerprint density at radius 3 is 2.68 bits per heavy atom. The largest absolute Gasteiger partial charge is 0.396 e. The van der Waals surface area contributed by atoms with Crippen molar-refractivity contribution in [1.82, 2.24) is 4.90 Å². The second-order valence-corrected chi connectivity index (χ2v) is 5.05. The van der Waals surface area contributed by atoms with Crippen LogP contribution in [0.3, 0.4) is 0 Å². The van der Waals surface area contributed by atoms with E-state index in [-0.39, 0.29) is 11.5 Å². The van der Waals surface area contributed by atoms with E-state index in [9.17, 15) is 4.39 Å². The fourth-order valence-corrected chi connectivity index (χ4v) is 2.65. The van der Waals surface area contributed by atoms with E-state index in [0.29, 0.717) is 12.1 Å². The van der Waals surface area contributed by atoms with Gasteiger partial charge in [-0.2, -0.15) is 0 Å². The Morgan fingerprint density at radius 1 is 1.05 bits per heavy atom. The van der Waals surface area contributed by atoms with Gasteiger partial charge in [0.15, 0.2) is 5.82 Å². The van der Waals surface area contributed by atoms with Crippen LogP contribution in [0.1, 0.15) is 16.7 Å². The molecule has 0 aromatic heterocycles. The van der Waals surface area contributed by atoms with Crippen molar-refractivity contribution < 1.29 is 4.39 Å². The van der Waals surface area contributed by atoms with Gasteiger partial charge in [0.05, 0.1) is 5.69 Å². The minimum atomic E-state index is -0.277. The number of nitrogen functional groups attached to an aromatic ring is 1. The molecule has 0 unspecified atom stereocenters. The predicted molar refractivity (Wildman–Crippen MR) is 75.1 cm³/mol. The highest BCUT2D eigenvalue weighted by atomic mass is 19.1. The van der Waals surface area contributed by atoms with Gasteiger partial charge in [-0.1, -0.05) is 36.4 Å². The van der Waals surface area contributed by atoms with Gasteiger partial charge >= 0.3 is 0 Å². The number of halogens is 1. The monoisotopic (exact) mass is 256 g/mol. The van der Waals surface area contributed by atoms with Crippen molar-refractivity contribution >= 4 is 5.69 Å². The van der Waals surface area contributed by atoms with Crippen molar-refractivity contribution in [1.29, 1.82) is 0 Å². The molecule has 0 spiro atoms. The third-order valence-corrected chi connectivity index (χ3v) is 3.71. The minimum absolute atomic E-state index is 0.231. The van der Waals surface area contributed by atoms with Crippen LogP contribution >= 0.6 is 0 Å². The molecule has 1 heterocycles. The summed E-state index contributed by atoms with van der Waals surface area (Å²) in [5.74, 6) is -0.277. The molecule has 0 saturated carbocycles. The molecule has 0 amide bonds. The second-order valence-electron chi connectivity index (χ2n) is 5.05. The van der Waals surface area contributed by atoms with Crippen LogP contribution in [-0.2, 0) is 19.5 Å². The van der Waals surface area contributed by atoms with E-state index < -0.39 is 0 Å². The maximum atomic E-state index is 13.9. The third kappa shape index (κ3) is 2.47. The van der Waals surface area contributed by atoms with Crippen molar-refractivity contribution in [2.75, 3.05) is 12.3 Å². The SMILES string of the molecule is Nc1cccc(CN2CCc3ccccc3C2)c1F. The highest BCUT2D eigenvalue weighted by molar-refractivity contribution is 5.43. The molecule has 2 aromatic rings. The Hall–Kier alpha value is -1.87. The first-order valence-corrected chi connectivity index (χ1v) is 6.56. The first-order valence-electron chi connectivity index (χ1n) is 6.56. The number of nitrogens with two attached hydrogens (primary N) is 1. The normalized spacial score (nSPS) is 15.2. The highest BCUT2D eigenvalue weighted by Crippen LogP contribution is 2.22. The lowest BCUT2D eigenvalue weighted by atomic mass is 9.99. The van der Waals surface area contributed by atoms with Crippen LogP contribution in [0.25, 0.3) is 0 Å². The number of hydrogen-bond acceptors (Lipinski definition) is 2. The molecular weight excluding hydrogens is 239 g/mol. The maximum Gasteiger partial charge on any atom is 0.150 e. The van der Waals surface area contributed by atoms with Crippen LogP contribution in [-0.4, -0.2) is 11.4 Å². The Balaban J connectivity index is 1.77. The summed E-state index contributed by atoms with van der Waals surface area (Å²) in [5.41, 5.74) is 9.27. The van der Waals surface area contributed by atoms with E-state index >= 15 is 0 Å². The highest BCUT2D eigenvalue weighted by Gasteiger charge is 2.17. The summed E-state index contributed by atoms with van der Waals surface area (Å²) < 4.78 is 13.9. The van der Waals surface area contributed by atoms with Crippen LogP contribution in [0.2, 0.25) is 0 Å². The van der Waals surface area contributed by atoms with Gasteiger partial charge < -0.3 is 5.73 Å². The zero-order valence-electron chi connectivity index (χ0n) is 10.8. The van der Waals surface area contributed by atoms with Crippen LogP contribution in [0.15, 0.2) is 42.5 Å². The van der Waals surface area contributed by atoms with E-state index in [1.807, 2.05) is 12.1 Å². The van der Waals surface area contributed by atoms with Gasteiger partial charge in [0.2, 0.25) is 0 Å². The molecule has 3 rings (SSSR count). The molecule has 2 aromatic carbocycles. The predicted octanol–water partition coefficient (Wildman–Crippen LogP) is 2.97. The van der Waals surface area contributed by atoms with Gasteiger partial charge in [-0.05, 0) is 23.6 Å². The summed E-state index contributed by atoms with van der Waals surface area (Å²) in [5, 5.41) is 0. The lowest BCUT2D eigenvalue weighted by Gasteiger charge is -2.28. The number of fused-ring (bicyclic) bond motifs is 1. The Kier molecular flexibility index (Phi) is 3.22. The third-order valence-electron chi connectivity index (χ3n) is 3.71. The average Bonchev–Trinajstić information content (AvgIpc) is 2.44. The smallest absolute Gasteiger partial charge is 0.150 e. The second kappa shape index (κ2) is 5.02. The van der Waals surface area contributed by atoms with Crippen molar-refractivity contribution in [2.45, 2.75) is 19.5 Å². The lowest BCUT2D eigenvalue weighted by molar-refractivity contribution is 0.242. The van der Waals surface area contributed by atoms with Crippen molar-refractivity contribution in [3.05, 3.63) is 65.0 Å².